The average molecular weight is 374 g/mol. The maximum atomic E-state index is 4.67. The third kappa shape index (κ3) is 4.06. The Labute approximate surface area is 166 Å². The zero-order chi connectivity index (χ0) is 19.5. The standard InChI is InChI=1S/C22H26N6/c1-16-7-8-19(14-17(16)2)26-20-15-22(25-18(3)24-20)28-12-10-27(11-13-28)21-6-4-5-9-23-21/h4-9,14-15H,10-13H2,1-3H3,(H,24,25,26). The second kappa shape index (κ2) is 7.84. The Kier molecular flexibility index (Phi) is 5.10. The molecule has 1 aliphatic rings. The zero-order valence-electron chi connectivity index (χ0n) is 16.7. The summed E-state index contributed by atoms with van der Waals surface area (Å²) in [6.07, 6.45) is 1.85. The summed E-state index contributed by atoms with van der Waals surface area (Å²) in [5.41, 5.74) is 3.60. The quantitative estimate of drug-likeness (QED) is 0.748. The Morgan fingerprint density at radius 3 is 2.21 bits per heavy atom. The summed E-state index contributed by atoms with van der Waals surface area (Å²) in [5, 5.41) is 3.43. The van der Waals surface area contributed by atoms with E-state index in [1.54, 1.807) is 0 Å². The topological polar surface area (TPSA) is 57.2 Å². The van der Waals surface area contributed by atoms with Gasteiger partial charge in [0.1, 0.15) is 23.3 Å². The molecule has 0 unspecified atom stereocenters. The Balaban J connectivity index is 1.47. The first-order valence-corrected chi connectivity index (χ1v) is 9.69. The number of hydrogen-bond acceptors (Lipinski definition) is 6. The van der Waals surface area contributed by atoms with Crippen LogP contribution < -0.4 is 15.1 Å². The summed E-state index contributed by atoms with van der Waals surface area (Å²) in [4.78, 5) is 18.3. The highest BCUT2D eigenvalue weighted by atomic mass is 15.3. The molecule has 3 aromatic rings. The van der Waals surface area contributed by atoms with Gasteiger partial charge >= 0.3 is 0 Å². The van der Waals surface area contributed by atoms with Crippen LogP contribution in [0.25, 0.3) is 0 Å². The van der Waals surface area contributed by atoms with Crippen LogP contribution in [0.3, 0.4) is 0 Å². The number of benzene rings is 1. The summed E-state index contributed by atoms with van der Waals surface area (Å²) in [5.74, 6) is 3.62. The van der Waals surface area contributed by atoms with Crippen LogP contribution in [0, 0.1) is 20.8 Å². The number of anilines is 4. The van der Waals surface area contributed by atoms with Crippen LogP contribution >= 0.6 is 0 Å². The highest BCUT2D eigenvalue weighted by molar-refractivity contribution is 5.61. The maximum Gasteiger partial charge on any atom is 0.136 e. The second-order valence-electron chi connectivity index (χ2n) is 7.24. The van der Waals surface area contributed by atoms with Gasteiger partial charge in [-0.2, -0.15) is 0 Å². The van der Waals surface area contributed by atoms with Crippen molar-refractivity contribution in [3.8, 4) is 0 Å². The molecule has 6 heteroatoms. The van der Waals surface area contributed by atoms with Gasteiger partial charge in [-0.1, -0.05) is 12.1 Å². The van der Waals surface area contributed by atoms with E-state index in [1.807, 2.05) is 31.3 Å². The van der Waals surface area contributed by atoms with Crippen molar-refractivity contribution in [2.45, 2.75) is 20.8 Å². The average Bonchev–Trinajstić information content (AvgIpc) is 2.71. The minimum atomic E-state index is 0.774. The van der Waals surface area contributed by atoms with E-state index < -0.39 is 0 Å². The molecule has 144 valence electrons. The summed E-state index contributed by atoms with van der Waals surface area (Å²) in [7, 11) is 0. The van der Waals surface area contributed by atoms with Gasteiger partial charge in [-0.3, -0.25) is 0 Å². The van der Waals surface area contributed by atoms with Crippen molar-refractivity contribution in [3.05, 3.63) is 65.6 Å². The monoisotopic (exact) mass is 374 g/mol. The van der Waals surface area contributed by atoms with Crippen molar-refractivity contribution in [1.29, 1.82) is 0 Å². The van der Waals surface area contributed by atoms with Crippen molar-refractivity contribution in [2.24, 2.45) is 0 Å². The van der Waals surface area contributed by atoms with Crippen LogP contribution in [0.1, 0.15) is 17.0 Å². The molecule has 6 nitrogen and oxygen atoms in total. The lowest BCUT2D eigenvalue weighted by Crippen LogP contribution is -2.47. The summed E-state index contributed by atoms with van der Waals surface area (Å²) in [6.45, 7) is 9.88. The number of pyridine rings is 1. The van der Waals surface area contributed by atoms with Crippen LogP contribution in [-0.2, 0) is 0 Å². The number of piperazine rings is 1. The van der Waals surface area contributed by atoms with E-state index in [1.165, 1.54) is 11.1 Å². The van der Waals surface area contributed by atoms with Crippen LogP contribution in [0.4, 0.5) is 23.1 Å². The van der Waals surface area contributed by atoms with Gasteiger partial charge in [0, 0.05) is 44.1 Å². The number of hydrogen-bond donors (Lipinski definition) is 1. The Hall–Kier alpha value is -3.15. The maximum absolute atomic E-state index is 4.67. The van der Waals surface area contributed by atoms with Gasteiger partial charge in [-0.25, -0.2) is 15.0 Å². The van der Waals surface area contributed by atoms with Crippen LogP contribution in [0.2, 0.25) is 0 Å². The SMILES string of the molecule is Cc1nc(Nc2ccc(C)c(C)c2)cc(N2CCN(c3ccccn3)CC2)n1. The molecular formula is C22H26N6. The molecule has 0 spiro atoms. The lowest BCUT2D eigenvalue weighted by atomic mass is 10.1. The van der Waals surface area contributed by atoms with Crippen LogP contribution in [-0.4, -0.2) is 41.1 Å². The number of nitrogens with zero attached hydrogens (tertiary/aromatic N) is 5. The fourth-order valence-corrected chi connectivity index (χ4v) is 3.45. The predicted molar refractivity (Wildman–Crippen MR) is 115 cm³/mol. The first-order valence-electron chi connectivity index (χ1n) is 9.69. The summed E-state index contributed by atoms with van der Waals surface area (Å²) in [6, 6.07) is 14.5. The molecule has 3 heterocycles. The molecule has 0 radical (unpaired) electrons. The Morgan fingerprint density at radius 1 is 0.786 bits per heavy atom. The molecular weight excluding hydrogens is 348 g/mol. The molecule has 28 heavy (non-hydrogen) atoms. The zero-order valence-corrected chi connectivity index (χ0v) is 16.7. The molecule has 1 N–H and O–H groups in total. The molecule has 0 atom stereocenters. The van der Waals surface area contributed by atoms with Gasteiger partial charge in [0.2, 0.25) is 0 Å². The van der Waals surface area contributed by atoms with Gasteiger partial charge in [0.15, 0.2) is 0 Å². The van der Waals surface area contributed by atoms with E-state index in [9.17, 15) is 0 Å². The molecule has 0 aliphatic carbocycles. The van der Waals surface area contributed by atoms with Crippen molar-refractivity contribution in [2.75, 3.05) is 41.3 Å². The third-order valence-corrected chi connectivity index (χ3v) is 5.18. The van der Waals surface area contributed by atoms with Crippen molar-refractivity contribution >= 4 is 23.1 Å². The Bertz CT molecular complexity index is 948. The minimum Gasteiger partial charge on any atom is -0.353 e. The molecule has 1 aromatic carbocycles. The van der Waals surface area contributed by atoms with E-state index in [0.717, 1.165) is 55.1 Å². The smallest absolute Gasteiger partial charge is 0.136 e. The molecule has 1 fully saturated rings. The molecule has 0 amide bonds. The summed E-state index contributed by atoms with van der Waals surface area (Å²) < 4.78 is 0. The van der Waals surface area contributed by atoms with Gasteiger partial charge in [-0.05, 0) is 56.2 Å². The van der Waals surface area contributed by atoms with Gasteiger partial charge < -0.3 is 15.1 Å². The number of rotatable bonds is 4. The van der Waals surface area contributed by atoms with E-state index in [4.69, 9.17) is 0 Å². The second-order valence-corrected chi connectivity index (χ2v) is 7.24. The Morgan fingerprint density at radius 2 is 1.54 bits per heavy atom. The fraction of sp³-hybridized carbons (Fsp3) is 0.318. The normalized spacial score (nSPS) is 14.2. The number of aryl methyl sites for hydroxylation is 3. The largest absolute Gasteiger partial charge is 0.353 e. The summed E-state index contributed by atoms with van der Waals surface area (Å²) >= 11 is 0. The number of aromatic nitrogens is 3. The third-order valence-electron chi connectivity index (χ3n) is 5.18. The van der Waals surface area contributed by atoms with Crippen LogP contribution in [0.15, 0.2) is 48.7 Å². The van der Waals surface area contributed by atoms with Crippen LogP contribution in [0.5, 0.6) is 0 Å². The van der Waals surface area contributed by atoms with Crippen molar-refractivity contribution < 1.29 is 0 Å². The van der Waals surface area contributed by atoms with E-state index in [0.29, 0.717) is 0 Å². The molecule has 2 aromatic heterocycles. The highest BCUT2D eigenvalue weighted by Gasteiger charge is 2.19. The molecule has 0 saturated carbocycles. The lowest BCUT2D eigenvalue weighted by Gasteiger charge is -2.36. The minimum absolute atomic E-state index is 0.774. The molecule has 0 bridgehead atoms. The highest BCUT2D eigenvalue weighted by Crippen LogP contribution is 2.23. The first kappa shape index (κ1) is 18.2. The van der Waals surface area contributed by atoms with Gasteiger partial charge in [0.05, 0.1) is 0 Å². The first-order chi connectivity index (χ1) is 13.6. The van der Waals surface area contributed by atoms with Crippen molar-refractivity contribution in [1.82, 2.24) is 15.0 Å². The molecule has 1 saturated heterocycles. The van der Waals surface area contributed by atoms with Crippen molar-refractivity contribution in [3.63, 3.8) is 0 Å². The van der Waals surface area contributed by atoms with E-state index >= 15 is 0 Å². The molecule has 4 rings (SSSR count). The van der Waals surface area contributed by atoms with E-state index in [-0.39, 0.29) is 0 Å². The van der Waals surface area contributed by atoms with Gasteiger partial charge in [0.25, 0.3) is 0 Å². The number of nitrogens with one attached hydrogen (secondary N) is 1. The van der Waals surface area contributed by atoms with E-state index in [2.05, 4.69) is 68.2 Å². The van der Waals surface area contributed by atoms with Gasteiger partial charge in [-0.15, -0.1) is 0 Å². The lowest BCUT2D eigenvalue weighted by molar-refractivity contribution is 0.640. The predicted octanol–water partition coefficient (Wildman–Crippen LogP) is 3.87. The fourth-order valence-electron chi connectivity index (χ4n) is 3.45. The molecule has 1 aliphatic heterocycles.